The van der Waals surface area contributed by atoms with Crippen molar-refractivity contribution < 1.29 is 13.6 Å². The van der Waals surface area contributed by atoms with E-state index < -0.39 is 23.2 Å². The summed E-state index contributed by atoms with van der Waals surface area (Å²) in [7, 11) is 1.67. The highest BCUT2D eigenvalue weighted by Crippen LogP contribution is 2.33. The Morgan fingerprint density at radius 2 is 1.93 bits per heavy atom. The summed E-state index contributed by atoms with van der Waals surface area (Å²) in [6.07, 6.45) is 5.05. The van der Waals surface area contributed by atoms with Crippen molar-refractivity contribution in [2.75, 3.05) is 5.32 Å². The van der Waals surface area contributed by atoms with Gasteiger partial charge in [0, 0.05) is 29.9 Å². The zero-order valence-electron chi connectivity index (χ0n) is 15.3. The van der Waals surface area contributed by atoms with Crippen molar-refractivity contribution in [2.24, 2.45) is 7.05 Å². The first-order valence-electron chi connectivity index (χ1n) is 8.46. The van der Waals surface area contributed by atoms with Crippen molar-refractivity contribution in [1.82, 2.24) is 24.7 Å². The molecule has 4 aromatic heterocycles. The molecule has 0 aliphatic heterocycles. The van der Waals surface area contributed by atoms with Gasteiger partial charge >= 0.3 is 0 Å². The molecule has 0 aliphatic carbocycles. The molecule has 0 saturated heterocycles. The Hall–Kier alpha value is -3.53. The van der Waals surface area contributed by atoms with Crippen LogP contribution in [0.15, 0.2) is 43.0 Å². The summed E-state index contributed by atoms with van der Waals surface area (Å²) < 4.78 is 29.0. The zero-order valence-corrected chi connectivity index (χ0v) is 16.2. The number of carbonyl (C=O) groups excluding carboxylic acids is 1. The van der Waals surface area contributed by atoms with E-state index in [0.717, 1.165) is 27.8 Å². The number of thiazole rings is 1. The van der Waals surface area contributed by atoms with E-state index in [9.17, 15) is 13.6 Å². The van der Waals surface area contributed by atoms with Gasteiger partial charge in [-0.25, -0.2) is 13.8 Å². The standard InChI is InChI=1S/C19H14F2N6OS/c1-10-16(25-19(29-10)11-4-3-5-22-7-11)15-6-14(26-27(15)2)18(28)24-17-12(20)8-23-9-13(17)21/h3-9H,1-2H3,(H,23,24,28). The van der Waals surface area contributed by atoms with E-state index in [1.807, 2.05) is 19.1 Å². The number of aromatic nitrogens is 5. The lowest BCUT2D eigenvalue weighted by Crippen LogP contribution is -2.15. The summed E-state index contributed by atoms with van der Waals surface area (Å²) in [4.78, 5) is 25.5. The number of aryl methyl sites for hydroxylation is 2. The minimum atomic E-state index is -0.967. The van der Waals surface area contributed by atoms with Crippen LogP contribution >= 0.6 is 11.3 Å². The number of amides is 1. The van der Waals surface area contributed by atoms with Gasteiger partial charge in [0.2, 0.25) is 0 Å². The second-order valence-corrected chi connectivity index (χ2v) is 7.34. The molecule has 1 N–H and O–H groups in total. The highest BCUT2D eigenvalue weighted by molar-refractivity contribution is 7.15. The third-order valence-corrected chi connectivity index (χ3v) is 5.17. The molecule has 0 saturated carbocycles. The van der Waals surface area contributed by atoms with Crippen molar-refractivity contribution in [3.05, 3.63) is 65.2 Å². The number of hydrogen-bond acceptors (Lipinski definition) is 6. The van der Waals surface area contributed by atoms with Crippen LogP contribution in [0, 0.1) is 18.6 Å². The molecule has 1 amide bonds. The van der Waals surface area contributed by atoms with Gasteiger partial charge in [0.25, 0.3) is 5.91 Å². The van der Waals surface area contributed by atoms with E-state index in [2.05, 4.69) is 25.4 Å². The number of carbonyl (C=O) groups is 1. The van der Waals surface area contributed by atoms with Crippen LogP contribution in [0.2, 0.25) is 0 Å². The van der Waals surface area contributed by atoms with Gasteiger partial charge in [-0.15, -0.1) is 11.3 Å². The van der Waals surface area contributed by atoms with Crippen molar-refractivity contribution in [3.8, 4) is 22.0 Å². The molecular weight excluding hydrogens is 398 g/mol. The monoisotopic (exact) mass is 412 g/mol. The van der Waals surface area contributed by atoms with Crippen molar-refractivity contribution >= 4 is 22.9 Å². The largest absolute Gasteiger partial charge is 0.316 e. The third kappa shape index (κ3) is 3.61. The van der Waals surface area contributed by atoms with E-state index in [-0.39, 0.29) is 5.69 Å². The molecule has 4 rings (SSSR count). The molecule has 0 unspecified atom stereocenters. The molecular formula is C19H14F2N6OS. The Morgan fingerprint density at radius 1 is 1.17 bits per heavy atom. The maximum absolute atomic E-state index is 13.7. The minimum absolute atomic E-state index is 0.00781. The smallest absolute Gasteiger partial charge is 0.276 e. The molecule has 0 radical (unpaired) electrons. The Morgan fingerprint density at radius 3 is 2.62 bits per heavy atom. The normalized spacial score (nSPS) is 10.9. The summed E-state index contributed by atoms with van der Waals surface area (Å²) in [6, 6.07) is 5.27. The average molecular weight is 412 g/mol. The fraction of sp³-hybridized carbons (Fsp3) is 0.105. The van der Waals surface area contributed by atoms with Gasteiger partial charge in [0.15, 0.2) is 17.3 Å². The molecule has 0 aliphatic rings. The predicted octanol–water partition coefficient (Wildman–Crippen LogP) is 3.84. The SMILES string of the molecule is Cc1sc(-c2cccnc2)nc1-c1cc(C(=O)Nc2c(F)cncc2F)nn1C. The number of rotatable bonds is 4. The fourth-order valence-electron chi connectivity index (χ4n) is 2.75. The Kier molecular flexibility index (Phi) is 4.85. The van der Waals surface area contributed by atoms with E-state index >= 15 is 0 Å². The Labute approximate surface area is 168 Å². The summed E-state index contributed by atoms with van der Waals surface area (Å²) in [5.74, 6) is -2.67. The molecule has 0 atom stereocenters. The van der Waals surface area contributed by atoms with Gasteiger partial charge in [-0.1, -0.05) is 0 Å². The van der Waals surface area contributed by atoms with Crippen molar-refractivity contribution in [3.63, 3.8) is 0 Å². The molecule has 0 fully saturated rings. The summed E-state index contributed by atoms with van der Waals surface area (Å²) >= 11 is 1.50. The number of hydrogen-bond donors (Lipinski definition) is 1. The van der Waals surface area contributed by atoms with Crippen LogP contribution in [-0.2, 0) is 7.05 Å². The van der Waals surface area contributed by atoms with Crippen LogP contribution in [0.4, 0.5) is 14.5 Å². The lowest BCUT2D eigenvalue weighted by molar-refractivity contribution is 0.102. The first-order chi connectivity index (χ1) is 13.9. The van der Waals surface area contributed by atoms with Gasteiger partial charge < -0.3 is 5.32 Å². The quantitative estimate of drug-likeness (QED) is 0.550. The van der Waals surface area contributed by atoms with Crippen LogP contribution in [0.1, 0.15) is 15.4 Å². The lowest BCUT2D eigenvalue weighted by atomic mass is 10.2. The first kappa shape index (κ1) is 18.8. The summed E-state index contributed by atoms with van der Waals surface area (Å²) in [6.45, 7) is 1.92. The maximum Gasteiger partial charge on any atom is 0.276 e. The maximum atomic E-state index is 13.7. The Bertz CT molecular complexity index is 1180. The van der Waals surface area contributed by atoms with E-state index in [1.165, 1.54) is 22.1 Å². The lowest BCUT2D eigenvalue weighted by Gasteiger charge is -2.04. The molecule has 29 heavy (non-hydrogen) atoms. The predicted molar refractivity (Wildman–Crippen MR) is 104 cm³/mol. The van der Waals surface area contributed by atoms with Gasteiger partial charge in [-0.2, -0.15) is 5.10 Å². The summed E-state index contributed by atoms with van der Waals surface area (Å²) in [5.41, 5.74) is 1.60. The van der Waals surface area contributed by atoms with Gasteiger partial charge in [-0.05, 0) is 25.1 Å². The molecule has 4 heterocycles. The number of halogens is 2. The van der Waals surface area contributed by atoms with E-state index in [0.29, 0.717) is 11.4 Å². The van der Waals surface area contributed by atoms with Crippen LogP contribution in [0.3, 0.4) is 0 Å². The van der Waals surface area contributed by atoms with Crippen LogP contribution in [-0.4, -0.2) is 30.6 Å². The van der Waals surface area contributed by atoms with Gasteiger partial charge in [0.1, 0.15) is 16.4 Å². The number of nitrogens with one attached hydrogen (secondary N) is 1. The highest BCUT2D eigenvalue weighted by atomic mass is 32.1. The third-order valence-electron chi connectivity index (χ3n) is 4.15. The van der Waals surface area contributed by atoms with Crippen molar-refractivity contribution in [1.29, 1.82) is 0 Å². The molecule has 4 aromatic rings. The van der Waals surface area contributed by atoms with E-state index in [1.54, 1.807) is 19.4 Å². The molecule has 146 valence electrons. The van der Waals surface area contributed by atoms with E-state index in [4.69, 9.17) is 0 Å². The molecule has 0 spiro atoms. The van der Waals surface area contributed by atoms with Gasteiger partial charge in [0.05, 0.1) is 18.1 Å². The second-order valence-electron chi connectivity index (χ2n) is 6.14. The topological polar surface area (TPSA) is 85.6 Å². The molecule has 10 heteroatoms. The first-order valence-corrected chi connectivity index (χ1v) is 9.28. The Balaban J connectivity index is 1.65. The number of pyridine rings is 2. The number of nitrogens with zero attached hydrogens (tertiary/aromatic N) is 5. The zero-order chi connectivity index (χ0) is 20.5. The van der Waals surface area contributed by atoms with Crippen LogP contribution in [0.5, 0.6) is 0 Å². The number of anilines is 1. The van der Waals surface area contributed by atoms with Crippen molar-refractivity contribution in [2.45, 2.75) is 6.92 Å². The molecule has 0 bridgehead atoms. The van der Waals surface area contributed by atoms with Crippen LogP contribution in [0.25, 0.3) is 22.0 Å². The second kappa shape index (κ2) is 7.47. The van der Waals surface area contributed by atoms with Gasteiger partial charge in [-0.3, -0.25) is 19.4 Å². The average Bonchev–Trinajstić information content (AvgIpc) is 3.28. The summed E-state index contributed by atoms with van der Waals surface area (Å²) in [5, 5.41) is 7.15. The minimum Gasteiger partial charge on any atom is -0.316 e. The molecule has 7 nitrogen and oxygen atoms in total. The molecule has 0 aromatic carbocycles. The highest BCUT2D eigenvalue weighted by Gasteiger charge is 2.20. The fourth-order valence-corrected chi connectivity index (χ4v) is 3.67. The van der Waals surface area contributed by atoms with Crippen LogP contribution < -0.4 is 5.32 Å².